The van der Waals surface area contributed by atoms with Crippen LogP contribution in [0.2, 0.25) is 10.0 Å². The second-order valence-corrected chi connectivity index (χ2v) is 12.0. The number of hydrazone groups is 1. The minimum Gasteiger partial charge on any atom is -0.421 e. The predicted molar refractivity (Wildman–Crippen MR) is 170 cm³/mol. The molecule has 0 aliphatic heterocycles. The Balaban J connectivity index is 1.45. The van der Waals surface area contributed by atoms with Gasteiger partial charge in [0, 0.05) is 46.6 Å². The monoisotopic (exact) mass is 761 g/mol. The number of carbonyl (C=O) groups excluding carboxylic acids is 2. The molecular formula is C29H16Br3Cl2N3O3. The molecule has 6 nitrogen and oxygen atoms in total. The molecule has 0 saturated carbocycles. The summed E-state index contributed by atoms with van der Waals surface area (Å²) < 4.78 is 7.76. The highest BCUT2D eigenvalue weighted by molar-refractivity contribution is 9.11. The Bertz CT molecular complexity index is 1800. The average molecular weight is 765 g/mol. The van der Waals surface area contributed by atoms with Crippen molar-refractivity contribution in [3.05, 3.63) is 119 Å². The molecule has 0 fully saturated rings. The van der Waals surface area contributed by atoms with Gasteiger partial charge in [0.25, 0.3) is 5.91 Å². The van der Waals surface area contributed by atoms with Gasteiger partial charge >= 0.3 is 5.97 Å². The summed E-state index contributed by atoms with van der Waals surface area (Å²) in [5.41, 5.74) is 5.63. The molecule has 0 radical (unpaired) electrons. The van der Waals surface area contributed by atoms with E-state index >= 15 is 0 Å². The Labute approximate surface area is 264 Å². The first kappa shape index (κ1) is 28.6. The zero-order valence-electron chi connectivity index (χ0n) is 20.1. The summed E-state index contributed by atoms with van der Waals surface area (Å²) >= 11 is 23.0. The van der Waals surface area contributed by atoms with Gasteiger partial charge in [0.1, 0.15) is 5.69 Å². The highest BCUT2D eigenvalue weighted by atomic mass is 79.9. The van der Waals surface area contributed by atoms with Gasteiger partial charge in [-0.25, -0.2) is 10.2 Å². The van der Waals surface area contributed by atoms with E-state index in [1.807, 2.05) is 18.2 Å². The van der Waals surface area contributed by atoms with Crippen LogP contribution in [0, 0.1) is 0 Å². The van der Waals surface area contributed by atoms with E-state index in [0.29, 0.717) is 46.8 Å². The van der Waals surface area contributed by atoms with E-state index in [9.17, 15) is 9.59 Å². The lowest BCUT2D eigenvalue weighted by molar-refractivity contribution is 0.0733. The lowest BCUT2D eigenvalue weighted by atomic mass is 10.0. The quantitative estimate of drug-likeness (QED) is 0.0783. The van der Waals surface area contributed by atoms with Crippen LogP contribution < -0.4 is 10.2 Å². The summed E-state index contributed by atoms with van der Waals surface area (Å²) in [5, 5.41) is 5.90. The number of halogens is 5. The third-order valence-electron chi connectivity index (χ3n) is 5.81. The molecule has 200 valence electrons. The summed E-state index contributed by atoms with van der Waals surface area (Å²) in [5.74, 6) is -0.803. The van der Waals surface area contributed by atoms with E-state index in [1.54, 1.807) is 60.7 Å². The molecule has 0 spiro atoms. The van der Waals surface area contributed by atoms with Crippen LogP contribution in [0.15, 0.2) is 97.4 Å². The molecule has 11 heteroatoms. The number of esters is 1. The van der Waals surface area contributed by atoms with Crippen LogP contribution in [0.1, 0.15) is 26.4 Å². The van der Waals surface area contributed by atoms with E-state index in [-0.39, 0.29) is 11.4 Å². The molecule has 1 amide bonds. The van der Waals surface area contributed by atoms with Crippen molar-refractivity contribution in [3.8, 4) is 16.9 Å². The number of nitrogens with zero attached hydrogens (tertiary/aromatic N) is 1. The number of nitrogens with one attached hydrogen (secondary N) is 2. The summed E-state index contributed by atoms with van der Waals surface area (Å²) in [6.07, 6.45) is 1.40. The first-order valence-corrected chi connectivity index (χ1v) is 14.7. The molecule has 1 aromatic heterocycles. The number of rotatable bonds is 6. The van der Waals surface area contributed by atoms with Crippen molar-refractivity contribution >= 4 is 100.0 Å². The smallest absolute Gasteiger partial charge is 0.343 e. The lowest BCUT2D eigenvalue weighted by Crippen LogP contribution is -2.19. The Morgan fingerprint density at radius 1 is 0.900 bits per heavy atom. The maximum Gasteiger partial charge on any atom is 0.343 e. The zero-order valence-corrected chi connectivity index (χ0v) is 26.4. The highest BCUT2D eigenvalue weighted by Crippen LogP contribution is 2.38. The number of hydrogen-bond donors (Lipinski definition) is 2. The lowest BCUT2D eigenvalue weighted by Gasteiger charge is -2.11. The van der Waals surface area contributed by atoms with Gasteiger partial charge in [0.2, 0.25) is 0 Å². The zero-order chi connectivity index (χ0) is 28.4. The SMILES string of the molecule is O=C(Oc1c(Br)cc(Br)cc1C=NNC(=O)c1[nH]c2ccc(Cl)cc2c1-c1ccccc1Cl)c1ccc(Br)cc1. The van der Waals surface area contributed by atoms with Gasteiger partial charge in [-0.1, -0.05) is 73.3 Å². The van der Waals surface area contributed by atoms with E-state index < -0.39 is 11.9 Å². The van der Waals surface area contributed by atoms with Crippen LogP contribution in [0.25, 0.3) is 22.0 Å². The second kappa shape index (κ2) is 12.3. The molecule has 0 saturated heterocycles. The Kier molecular flexibility index (Phi) is 8.77. The number of aromatic amines is 1. The van der Waals surface area contributed by atoms with Gasteiger partial charge in [0.15, 0.2) is 5.75 Å². The normalized spacial score (nSPS) is 11.2. The molecule has 0 bridgehead atoms. The van der Waals surface area contributed by atoms with Crippen molar-refractivity contribution in [2.75, 3.05) is 0 Å². The fourth-order valence-corrected chi connectivity index (χ4v) is 6.02. The molecule has 4 aromatic carbocycles. The summed E-state index contributed by atoms with van der Waals surface area (Å²) in [7, 11) is 0. The number of aromatic nitrogens is 1. The number of carbonyl (C=O) groups is 2. The van der Waals surface area contributed by atoms with E-state index in [1.165, 1.54) is 6.21 Å². The minimum atomic E-state index is -0.546. The number of ether oxygens (including phenoxy) is 1. The summed E-state index contributed by atoms with van der Waals surface area (Å²) in [4.78, 5) is 29.3. The minimum absolute atomic E-state index is 0.242. The van der Waals surface area contributed by atoms with Crippen LogP contribution in [0.5, 0.6) is 5.75 Å². The first-order chi connectivity index (χ1) is 19.2. The van der Waals surface area contributed by atoms with Crippen LogP contribution in [0.3, 0.4) is 0 Å². The fraction of sp³-hybridized carbons (Fsp3) is 0. The molecular weight excluding hydrogens is 749 g/mol. The van der Waals surface area contributed by atoms with Crippen LogP contribution >= 0.6 is 71.0 Å². The van der Waals surface area contributed by atoms with Crippen molar-refractivity contribution in [3.63, 3.8) is 0 Å². The Morgan fingerprint density at radius 2 is 1.65 bits per heavy atom. The maximum absolute atomic E-state index is 13.4. The molecule has 2 N–H and O–H groups in total. The molecule has 40 heavy (non-hydrogen) atoms. The van der Waals surface area contributed by atoms with E-state index in [4.69, 9.17) is 27.9 Å². The topological polar surface area (TPSA) is 83.5 Å². The van der Waals surface area contributed by atoms with Crippen molar-refractivity contribution in [2.45, 2.75) is 0 Å². The first-order valence-electron chi connectivity index (χ1n) is 11.6. The molecule has 5 aromatic rings. The van der Waals surface area contributed by atoms with Crippen molar-refractivity contribution in [1.29, 1.82) is 0 Å². The van der Waals surface area contributed by atoms with Crippen LogP contribution in [-0.4, -0.2) is 23.1 Å². The van der Waals surface area contributed by atoms with E-state index in [2.05, 4.69) is 63.3 Å². The Morgan fingerprint density at radius 3 is 2.40 bits per heavy atom. The third kappa shape index (κ3) is 6.19. The number of benzene rings is 4. The summed E-state index contributed by atoms with van der Waals surface area (Å²) in [6, 6.07) is 22.8. The molecule has 0 atom stereocenters. The largest absolute Gasteiger partial charge is 0.421 e. The van der Waals surface area contributed by atoms with Gasteiger partial charge in [-0.2, -0.15) is 5.10 Å². The standard InChI is InChI=1S/C29H16Br3Cl2N3O3/c30-17-7-5-15(6-8-17)29(39)40-27-16(11-18(31)12-22(27)32)14-35-37-28(38)26-25(20-3-1-2-4-23(20)34)21-13-19(33)9-10-24(21)36-26/h1-14,36H,(H,37,38). The van der Waals surface area contributed by atoms with Crippen molar-refractivity contribution in [1.82, 2.24) is 10.4 Å². The van der Waals surface area contributed by atoms with Gasteiger partial charge in [-0.3, -0.25) is 4.79 Å². The van der Waals surface area contributed by atoms with Crippen LogP contribution in [-0.2, 0) is 0 Å². The highest BCUT2D eigenvalue weighted by Gasteiger charge is 2.21. The average Bonchev–Trinajstić information content (AvgIpc) is 3.29. The van der Waals surface area contributed by atoms with E-state index in [0.717, 1.165) is 9.86 Å². The molecule has 0 unspecified atom stereocenters. The number of amides is 1. The number of H-pyrrole nitrogens is 1. The molecule has 5 rings (SSSR count). The predicted octanol–water partition coefficient (Wildman–Crippen LogP) is 9.41. The number of hydrogen-bond acceptors (Lipinski definition) is 4. The van der Waals surface area contributed by atoms with Crippen LogP contribution in [0.4, 0.5) is 0 Å². The molecule has 0 aliphatic carbocycles. The van der Waals surface area contributed by atoms with Gasteiger partial charge in [-0.05, 0) is 76.6 Å². The van der Waals surface area contributed by atoms with Gasteiger partial charge in [0.05, 0.1) is 16.3 Å². The summed E-state index contributed by atoms with van der Waals surface area (Å²) in [6.45, 7) is 0. The fourth-order valence-electron chi connectivity index (χ4n) is 4.02. The number of fused-ring (bicyclic) bond motifs is 1. The maximum atomic E-state index is 13.4. The third-order valence-corrected chi connectivity index (χ3v) is 7.95. The van der Waals surface area contributed by atoms with Crippen molar-refractivity contribution < 1.29 is 14.3 Å². The molecule has 1 heterocycles. The van der Waals surface area contributed by atoms with Crippen molar-refractivity contribution in [2.24, 2.45) is 5.10 Å². The van der Waals surface area contributed by atoms with Gasteiger partial charge < -0.3 is 9.72 Å². The van der Waals surface area contributed by atoms with Gasteiger partial charge in [-0.15, -0.1) is 0 Å². The molecule has 0 aliphatic rings. The Hall–Kier alpha value is -2.95. The second-order valence-electron chi connectivity index (χ2n) is 8.45.